The molecule has 0 unspecified atom stereocenters. The van der Waals surface area contributed by atoms with E-state index in [1.807, 2.05) is 0 Å². The number of urea groups is 1. The quantitative estimate of drug-likeness (QED) is 0.547. The molecule has 1 heterocycles. The van der Waals surface area contributed by atoms with Crippen LogP contribution in [-0.4, -0.2) is 48.9 Å². The molecule has 0 atom stereocenters. The molecule has 26 heavy (non-hydrogen) atoms. The second-order valence-electron chi connectivity index (χ2n) is 6.08. The van der Waals surface area contributed by atoms with Crippen LogP contribution >= 0.6 is 0 Å². The fourth-order valence-electron chi connectivity index (χ4n) is 2.64. The van der Waals surface area contributed by atoms with Crippen molar-refractivity contribution >= 4 is 23.5 Å². The van der Waals surface area contributed by atoms with Gasteiger partial charge >= 0.3 is 17.8 Å². The summed E-state index contributed by atoms with van der Waals surface area (Å²) < 4.78 is 12.9. The predicted molar refractivity (Wildman–Crippen MR) is 95.9 cm³/mol. The van der Waals surface area contributed by atoms with E-state index in [2.05, 4.69) is 22.5 Å². The largest absolute Gasteiger partial charge is 0.348 e. The Labute approximate surface area is 151 Å². The van der Waals surface area contributed by atoms with Crippen LogP contribution in [0.4, 0.5) is 14.9 Å². The number of anilines is 1. The highest BCUT2D eigenvalue weighted by Gasteiger charge is 2.24. The van der Waals surface area contributed by atoms with E-state index in [0.717, 1.165) is 12.8 Å². The second-order valence-corrected chi connectivity index (χ2v) is 6.08. The molecule has 1 aromatic rings. The van der Waals surface area contributed by atoms with Crippen LogP contribution in [-0.2, 0) is 9.59 Å². The number of nitrogens with one attached hydrogen (secondary N) is 3. The van der Waals surface area contributed by atoms with Gasteiger partial charge in [0.2, 0.25) is 0 Å². The van der Waals surface area contributed by atoms with Crippen molar-refractivity contribution in [1.29, 1.82) is 0 Å². The number of halogens is 1. The maximum Gasteiger partial charge on any atom is 0.321 e. The van der Waals surface area contributed by atoms with Gasteiger partial charge in [0.05, 0.1) is 0 Å². The minimum atomic E-state index is -0.680. The molecule has 140 valence electrons. The molecule has 8 heteroatoms. The summed E-state index contributed by atoms with van der Waals surface area (Å²) in [6.45, 7) is 5.21. The third kappa shape index (κ3) is 5.87. The summed E-state index contributed by atoms with van der Waals surface area (Å²) in [7, 11) is 0. The second kappa shape index (κ2) is 9.55. The summed E-state index contributed by atoms with van der Waals surface area (Å²) in [4.78, 5) is 37.0. The first-order valence-electron chi connectivity index (χ1n) is 8.48. The highest BCUT2D eigenvalue weighted by Crippen LogP contribution is 2.18. The van der Waals surface area contributed by atoms with Gasteiger partial charge in [-0.2, -0.15) is 0 Å². The molecule has 1 saturated heterocycles. The number of piperidine rings is 1. The summed E-state index contributed by atoms with van der Waals surface area (Å²) >= 11 is 0. The van der Waals surface area contributed by atoms with Gasteiger partial charge in [-0.25, -0.2) is 9.18 Å². The van der Waals surface area contributed by atoms with E-state index in [0.29, 0.717) is 25.3 Å². The van der Waals surface area contributed by atoms with Gasteiger partial charge in [0, 0.05) is 31.9 Å². The Kier molecular flexibility index (Phi) is 7.13. The molecule has 0 bridgehead atoms. The minimum Gasteiger partial charge on any atom is -0.348 e. The van der Waals surface area contributed by atoms with Crippen molar-refractivity contribution in [2.75, 3.05) is 31.5 Å². The van der Waals surface area contributed by atoms with Crippen molar-refractivity contribution in [3.63, 3.8) is 0 Å². The highest BCUT2D eigenvalue weighted by atomic mass is 19.1. The van der Waals surface area contributed by atoms with Crippen molar-refractivity contribution in [1.82, 2.24) is 15.5 Å². The van der Waals surface area contributed by atoms with E-state index >= 15 is 0 Å². The van der Waals surface area contributed by atoms with Crippen LogP contribution in [0.15, 0.2) is 36.9 Å². The number of amides is 4. The van der Waals surface area contributed by atoms with Gasteiger partial charge in [-0.1, -0.05) is 6.08 Å². The van der Waals surface area contributed by atoms with Crippen molar-refractivity contribution in [3.8, 4) is 0 Å². The highest BCUT2D eigenvalue weighted by molar-refractivity contribution is 6.35. The van der Waals surface area contributed by atoms with Crippen LogP contribution in [0.1, 0.15) is 12.8 Å². The molecule has 0 aliphatic carbocycles. The van der Waals surface area contributed by atoms with E-state index in [-0.39, 0.29) is 24.3 Å². The molecule has 4 amide bonds. The number of nitrogens with zero attached hydrogens (tertiary/aromatic N) is 1. The van der Waals surface area contributed by atoms with Gasteiger partial charge in [0.15, 0.2) is 0 Å². The Balaban J connectivity index is 1.70. The number of carbonyl (C=O) groups is 3. The maximum absolute atomic E-state index is 12.9. The van der Waals surface area contributed by atoms with Crippen LogP contribution < -0.4 is 16.0 Å². The summed E-state index contributed by atoms with van der Waals surface area (Å²) in [6, 6.07) is 5.36. The van der Waals surface area contributed by atoms with E-state index in [4.69, 9.17) is 0 Å². The van der Waals surface area contributed by atoms with Crippen LogP contribution in [0.5, 0.6) is 0 Å². The van der Waals surface area contributed by atoms with Crippen LogP contribution in [0.2, 0.25) is 0 Å². The van der Waals surface area contributed by atoms with Gasteiger partial charge in [-0.3, -0.25) is 9.59 Å². The summed E-state index contributed by atoms with van der Waals surface area (Å²) in [5, 5.41) is 7.75. The first-order valence-corrected chi connectivity index (χ1v) is 8.48. The lowest BCUT2D eigenvalue weighted by molar-refractivity contribution is -0.139. The molecule has 0 aromatic heterocycles. The minimum absolute atomic E-state index is 0.209. The van der Waals surface area contributed by atoms with Crippen LogP contribution in [0.25, 0.3) is 0 Å². The fourth-order valence-corrected chi connectivity index (χ4v) is 2.64. The van der Waals surface area contributed by atoms with Crippen molar-refractivity contribution in [3.05, 3.63) is 42.7 Å². The number of rotatable bonds is 5. The Morgan fingerprint density at radius 2 is 1.73 bits per heavy atom. The van der Waals surface area contributed by atoms with E-state index in [1.165, 1.54) is 30.3 Å². The zero-order chi connectivity index (χ0) is 18.9. The molecule has 7 nitrogen and oxygen atoms in total. The molecular weight excluding hydrogens is 339 g/mol. The standard InChI is InChI=1S/C18H23FN4O3/c1-2-9-20-16(24)17(25)21-12-13-7-10-23(11-8-13)18(26)22-15-5-3-14(19)4-6-15/h2-6,13H,1,7-12H2,(H,20,24)(H,21,25)(H,22,26). The smallest absolute Gasteiger partial charge is 0.321 e. The van der Waals surface area contributed by atoms with Crippen molar-refractivity contribution in [2.45, 2.75) is 12.8 Å². The Bertz CT molecular complexity index is 655. The molecule has 0 spiro atoms. The average Bonchev–Trinajstić information content (AvgIpc) is 2.66. The van der Waals surface area contributed by atoms with Crippen LogP contribution in [0, 0.1) is 11.7 Å². The molecule has 1 aromatic carbocycles. The lowest BCUT2D eigenvalue weighted by Crippen LogP contribution is -2.45. The first-order chi connectivity index (χ1) is 12.5. The molecule has 2 rings (SSSR count). The lowest BCUT2D eigenvalue weighted by atomic mass is 9.97. The molecule has 0 radical (unpaired) electrons. The van der Waals surface area contributed by atoms with Gasteiger partial charge in [-0.15, -0.1) is 6.58 Å². The van der Waals surface area contributed by atoms with Crippen molar-refractivity contribution < 1.29 is 18.8 Å². The molecule has 0 saturated carbocycles. The average molecular weight is 362 g/mol. The van der Waals surface area contributed by atoms with E-state index in [9.17, 15) is 18.8 Å². The van der Waals surface area contributed by atoms with Crippen LogP contribution in [0.3, 0.4) is 0 Å². The zero-order valence-corrected chi connectivity index (χ0v) is 14.5. The number of benzene rings is 1. The Morgan fingerprint density at radius 1 is 1.12 bits per heavy atom. The maximum atomic E-state index is 12.9. The Hall–Kier alpha value is -2.90. The molecule has 1 fully saturated rings. The van der Waals surface area contributed by atoms with Gasteiger partial charge < -0.3 is 20.9 Å². The predicted octanol–water partition coefficient (Wildman–Crippen LogP) is 1.49. The fraction of sp³-hybridized carbons (Fsp3) is 0.389. The normalized spacial score (nSPS) is 14.4. The first kappa shape index (κ1) is 19.4. The molecule has 1 aliphatic rings. The van der Waals surface area contributed by atoms with Gasteiger partial charge in [-0.05, 0) is 43.0 Å². The van der Waals surface area contributed by atoms with E-state index in [1.54, 1.807) is 4.90 Å². The number of hydrogen-bond acceptors (Lipinski definition) is 3. The Morgan fingerprint density at radius 3 is 2.35 bits per heavy atom. The summed E-state index contributed by atoms with van der Waals surface area (Å²) in [5.74, 6) is -1.49. The SMILES string of the molecule is C=CCNC(=O)C(=O)NCC1CCN(C(=O)Nc2ccc(F)cc2)CC1. The van der Waals surface area contributed by atoms with Gasteiger partial charge in [0.1, 0.15) is 5.82 Å². The third-order valence-electron chi connectivity index (χ3n) is 4.16. The number of likely N-dealkylation sites (tertiary alicyclic amines) is 1. The van der Waals surface area contributed by atoms with Crippen molar-refractivity contribution in [2.24, 2.45) is 5.92 Å². The summed E-state index contributed by atoms with van der Waals surface area (Å²) in [5.41, 5.74) is 0.538. The number of carbonyl (C=O) groups excluding carboxylic acids is 3. The summed E-state index contributed by atoms with van der Waals surface area (Å²) in [6.07, 6.45) is 2.95. The monoisotopic (exact) mass is 362 g/mol. The molecule has 3 N–H and O–H groups in total. The molecular formula is C18H23FN4O3. The topological polar surface area (TPSA) is 90.5 Å². The van der Waals surface area contributed by atoms with Gasteiger partial charge in [0.25, 0.3) is 0 Å². The third-order valence-corrected chi connectivity index (χ3v) is 4.16. The molecule has 1 aliphatic heterocycles. The lowest BCUT2D eigenvalue weighted by Gasteiger charge is -2.32. The van der Waals surface area contributed by atoms with E-state index < -0.39 is 11.8 Å². The number of hydrogen-bond donors (Lipinski definition) is 3. The zero-order valence-electron chi connectivity index (χ0n) is 14.5.